The normalized spacial score (nSPS) is 15.1. The average molecular weight is 193 g/mol. The van der Waals surface area contributed by atoms with Gasteiger partial charge in [0.25, 0.3) is 0 Å². The molecule has 0 radical (unpaired) electrons. The second kappa shape index (κ2) is 5.78. The Morgan fingerprint density at radius 2 is 1.93 bits per heavy atom. The van der Waals surface area contributed by atoms with E-state index >= 15 is 0 Å². The Labute approximate surface area is 86.0 Å². The van der Waals surface area contributed by atoms with E-state index in [0.29, 0.717) is 6.04 Å². The number of benzene rings is 1. The van der Waals surface area contributed by atoms with Crippen LogP contribution in [-0.2, 0) is 0 Å². The molecule has 2 N–H and O–H groups in total. The van der Waals surface area contributed by atoms with E-state index in [1.54, 1.807) is 0 Å². The Hall–Kier alpha value is -0.860. The largest absolute Gasteiger partial charge is 0.395 e. The summed E-state index contributed by atoms with van der Waals surface area (Å²) in [7, 11) is 0. The molecule has 2 heteroatoms. The van der Waals surface area contributed by atoms with Crippen LogP contribution in [0.1, 0.15) is 31.9 Å². The molecule has 0 heterocycles. The van der Waals surface area contributed by atoms with Crippen molar-refractivity contribution >= 4 is 0 Å². The van der Waals surface area contributed by atoms with Gasteiger partial charge in [0, 0.05) is 12.1 Å². The highest BCUT2D eigenvalue weighted by Gasteiger charge is 2.10. The fourth-order valence-corrected chi connectivity index (χ4v) is 1.53. The van der Waals surface area contributed by atoms with Crippen molar-refractivity contribution in [2.75, 3.05) is 6.61 Å². The predicted octanol–water partition coefficient (Wildman–Crippen LogP) is 2.11. The quantitative estimate of drug-likeness (QED) is 0.750. The Kier molecular flexibility index (Phi) is 4.63. The maximum atomic E-state index is 8.96. The highest BCUT2D eigenvalue weighted by Crippen LogP contribution is 2.16. The number of rotatable bonds is 5. The monoisotopic (exact) mass is 193 g/mol. The highest BCUT2D eigenvalue weighted by atomic mass is 16.3. The third-order valence-corrected chi connectivity index (χ3v) is 2.37. The minimum absolute atomic E-state index is 0.153. The van der Waals surface area contributed by atoms with E-state index in [-0.39, 0.29) is 12.6 Å². The lowest BCUT2D eigenvalue weighted by Gasteiger charge is -2.21. The summed E-state index contributed by atoms with van der Waals surface area (Å²) in [6.45, 7) is 4.32. The van der Waals surface area contributed by atoms with Crippen molar-refractivity contribution in [3.05, 3.63) is 35.9 Å². The summed E-state index contributed by atoms with van der Waals surface area (Å²) in [6.07, 6.45) is 1.04. The fraction of sp³-hybridized carbons (Fsp3) is 0.500. The van der Waals surface area contributed by atoms with Crippen LogP contribution in [0.4, 0.5) is 0 Å². The Bertz CT molecular complexity index is 248. The first kappa shape index (κ1) is 11.2. The van der Waals surface area contributed by atoms with E-state index in [2.05, 4.69) is 24.4 Å². The van der Waals surface area contributed by atoms with Crippen molar-refractivity contribution in [3.8, 4) is 0 Å². The molecule has 0 aliphatic heterocycles. The molecule has 0 aliphatic carbocycles. The van der Waals surface area contributed by atoms with Gasteiger partial charge in [-0.2, -0.15) is 0 Å². The molecule has 1 aromatic rings. The molecule has 0 bridgehead atoms. The van der Waals surface area contributed by atoms with Crippen LogP contribution in [0.2, 0.25) is 0 Å². The number of nitrogens with one attached hydrogen (secondary N) is 1. The second-order valence-corrected chi connectivity index (χ2v) is 3.62. The highest BCUT2D eigenvalue weighted by molar-refractivity contribution is 5.18. The average Bonchev–Trinajstić information content (AvgIpc) is 2.26. The Morgan fingerprint density at radius 3 is 2.43 bits per heavy atom. The summed E-state index contributed by atoms with van der Waals surface area (Å²) < 4.78 is 0. The topological polar surface area (TPSA) is 32.3 Å². The van der Waals surface area contributed by atoms with Crippen molar-refractivity contribution in [2.45, 2.75) is 32.4 Å². The molecule has 0 aliphatic rings. The van der Waals surface area contributed by atoms with E-state index in [9.17, 15) is 0 Å². The van der Waals surface area contributed by atoms with Gasteiger partial charge in [0.15, 0.2) is 0 Å². The molecule has 0 fully saturated rings. The number of hydrogen-bond acceptors (Lipinski definition) is 2. The minimum atomic E-state index is 0.153. The van der Waals surface area contributed by atoms with Crippen LogP contribution < -0.4 is 5.32 Å². The Balaban J connectivity index is 2.63. The van der Waals surface area contributed by atoms with Crippen LogP contribution in [0.25, 0.3) is 0 Å². The second-order valence-electron chi connectivity index (χ2n) is 3.62. The summed E-state index contributed by atoms with van der Waals surface area (Å²) in [5, 5.41) is 12.3. The summed E-state index contributed by atoms with van der Waals surface area (Å²) >= 11 is 0. The summed E-state index contributed by atoms with van der Waals surface area (Å²) in [6, 6.07) is 10.8. The number of aliphatic hydroxyl groups is 1. The van der Waals surface area contributed by atoms with Gasteiger partial charge >= 0.3 is 0 Å². The molecule has 2 nitrogen and oxygen atoms in total. The lowest BCUT2D eigenvalue weighted by Crippen LogP contribution is -2.32. The first-order chi connectivity index (χ1) is 6.77. The zero-order chi connectivity index (χ0) is 10.4. The molecule has 2 atom stereocenters. The number of hydrogen-bond donors (Lipinski definition) is 2. The summed E-state index contributed by atoms with van der Waals surface area (Å²) in [5.74, 6) is 0. The maximum absolute atomic E-state index is 8.96. The van der Waals surface area contributed by atoms with Gasteiger partial charge in [-0.15, -0.1) is 0 Å². The lowest BCUT2D eigenvalue weighted by atomic mass is 10.0. The number of aliphatic hydroxyl groups excluding tert-OH is 1. The summed E-state index contributed by atoms with van der Waals surface area (Å²) in [4.78, 5) is 0. The zero-order valence-corrected chi connectivity index (χ0v) is 8.90. The summed E-state index contributed by atoms with van der Waals surface area (Å²) in [5.41, 5.74) is 1.29. The molecule has 14 heavy (non-hydrogen) atoms. The minimum Gasteiger partial charge on any atom is -0.395 e. The van der Waals surface area contributed by atoms with Crippen molar-refractivity contribution in [2.24, 2.45) is 0 Å². The van der Waals surface area contributed by atoms with Crippen molar-refractivity contribution in [1.29, 1.82) is 0 Å². The molecule has 1 rings (SSSR count). The standard InChI is InChI=1S/C12H19NO/c1-3-12(13-10(2)9-14)11-7-5-4-6-8-11/h4-8,10,12-14H,3,9H2,1-2H3/t10-,12?/m1/s1. The molecule has 1 unspecified atom stereocenters. The van der Waals surface area contributed by atoms with Crippen LogP contribution in [0.5, 0.6) is 0 Å². The van der Waals surface area contributed by atoms with Crippen molar-refractivity contribution in [1.82, 2.24) is 5.32 Å². The molecule has 0 saturated heterocycles. The zero-order valence-electron chi connectivity index (χ0n) is 8.90. The van der Waals surface area contributed by atoms with E-state index in [0.717, 1.165) is 6.42 Å². The molecule has 78 valence electrons. The van der Waals surface area contributed by atoms with Crippen LogP contribution in [0.3, 0.4) is 0 Å². The van der Waals surface area contributed by atoms with E-state index in [4.69, 9.17) is 5.11 Å². The lowest BCUT2D eigenvalue weighted by molar-refractivity contribution is 0.239. The third-order valence-electron chi connectivity index (χ3n) is 2.37. The van der Waals surface area contributed by atoms with Crippen LogP contribution in [-0.4, -0.2) is 17.8 Å². The van der Waals surface area contributed by atoms with Gasteiger partial charge in [-0.25, -0.2) is 0 Å². The van der Waals surface area contributed by atoms with Crippen LogP contribution in [0.15, 0.2) is 30.3 Å². The molecular weight excluding hydrogens is 174 g/mol. The molecule has 0 saturated carbocycles. The van der Waals surface area contributed by atoms with Crippen LogP contribution in [0, 0.1) is 0 Å². The molecule has 0 aromatic heterocycles. The molecular formula is C12H19NO. The molecule has 1 aromatic carbocycles. The maximum Gasteiger partial charge on any atom is 0.0582 e. The van der Waals surface area contributed by atoms with Crippen molar-refractivity contribution < 1.29 is 5.11 Å². The van der Waals surface area contributed by atoms with Gasteiger partial charge in [0.2, 0.25) is 0 Å². The predicted molar refractivity (Wildman–Crippen MR) is 59.2 cm³/mol. The van der Waals surface area contributed by atoms with Gasteiger partial charge in [-0.1, -0.05) is 37.3 Å². The van der Waals surface area contributed by atoms with E-state index < -0.39 is 0 Å². The smallest absolute Gasteiger partial charge is 0.0582 e. The van der Waals surface area contributed by atoms with Crippen LogP contribution >= 0.6 is 0 Å². The molecule has 0 amide bonds. The van der Waals surface area contributed by atoms with Gasteiger partial charge in [-0.3, -0.25) is 0 Å². The first-order valence-electron chi connectivity index (χ1n) is 5.19. The van der Waals surface area contributed by atoms with Gasteiger partial charge in [0.1, 0.15) is 0 Å². The van der Waals surface area contributed by atoms with E-state index in [1.165, 1.54) is 5.56 Å². The molecule has 0 spiro atoms. The third kappa shape index (κ3) is 3.13. The SMILES string of the molecule is CCC(N[C@H](C)CO)c1ccccc1. The van der Waals surface area contributed by atoms with Gasteiger partial charge < -0.3 is 10.4 Å². The van der Waals surface area contributed by atoms with Gasteiger partial charge in [0.05, 0.1) is 6.61 Å². The first-order valence-corrected chi connectivity index (χ1v) is 5.19. The van der Waals surface area contributed by atoms with E-state index in [1.807, 2.05) is 25.1 Å². The van der Waals surface area contributed by atoms with Crippen molar-refractivity contribution in [3.63, 3.8) is 0 Å². The Morgan fingerprint density at radius 1 is 1.29 bits per heavy atom. The fourth-order valence-electron chi connectivity index (χ4n) is 1.53. The van der Waals surface area contributed by atoms with Gasteiger partial charge in [-0.05, 0) is 18.9 Å².